The van der Waals surface area contributed by atoms with Crippen LogP contribution in [-0.4, -0.2) is 23.0 Å². The zero-order valence-electron chi connectivity index (χ0n) is 12.1. The fraction of sp³-hybridized carbons (Fsp3) is 0.176. The van der Waals surface area contributed by atoms with E-state index in [9.17, 15) is 19.1 Å². The van der Waals surface area contributed by atoms with Crippen LogP contribution in [0.4, 0.5) is 4.39 Å². The molecule has 0 unspecified atom stereocenters. The molecule has 0 radical (unpaired) electrons. The highest BCUT2D eigenvalue weighted by Crippen LogP contribution is 2.10. The summed E-state index contributed by atoms with van der Waals surface area (Å²) >= 11 is 2.14. The summed E-state index contributed by atoms with van der Waals surface area (Å²) in [4.78, 5) is 23.4. The maximum Gasteiger partial charge on any atom is 0.326 e. The Bertz CT molecular complexity index is 720. The smallest absolute Gasteiger partial charge is 0.326 e. The van der Waals surface area contributed by atoms with E-state index in [0.29, 0.717) is 5.56 Å². The van der Waals surface area contributed by atoms with E-state index in [1.165, 1.54) is 18.2 Å². The average Bonchev–Trinajstić information content (AvgIpc) is 2.46. The van der Waals surface area contributed by atoms with E-state index in [4.69, 9.17) is 0 Å². The number of rotatable bonds is 6. The molecule has 2 rings (SSSR count). The van der Waals surface area contributed by atoms with Gasteiger partial charge < -0.3 is 10.4 Å². The highest BCUT2D eigenvalue weighted by Gasteiger charge is 2.20. The summed E-state index contributed by atoms with van der Waals surface area (Å²) in [6, 6.07) is 12.1. The van der Waals surface area contributed by atoms with Gasteiger partial charge in [-0.2, -0.15) is 0 Å². The van der Waals surface area contributed by atoms with Gasteiger partial charge >= 0.3 is 5.97 Å². The highest BCUT2D eigenvalue weighted by molar-refractivity contribution is 14.1. The van der Waals surface area contributed by atoms with E-state index < -0.39 is 23.7 Å². The second kappa shape index (κ2) is 8.05. The first-order valence-electron chi connectivity index (χ1n) is 6.95. The summed E-state index contributed by atoms with van der Waals surface area (Å²) in [5, 5.41) is 11.8. The van der Waals surface area contributed by atoms with Crippen LogP contribution in [0.2, 0.25) is 0 Å². The third kappa shape index (κ3) is 5.63. The Hall–Kier alpha value is -1.96. The van der Waals surface area contributed by atoms with Crippen LogP contribution in [0.15, 0.2) is 48.5 Å². The van der Waals surface area contributed by atoms with Crippen LogP contribution in [0.3, 0.4) is 0 Å². The Morgan fingerprint density at radius 3 is 2.48 bits per heavy atom. The van der Waals surface area contributed by atoms with Crippen LogP contribution >= 0.6 is 22.6 Å². The van der Waals surface area contributed by atoms with Crippen molar-refractivity contribution in [2.24, 2.45) is 0 Å². The van der Waals surface area contributed by atoms with Gasteiger partial charge in [-0.05, 0) is 58.0 Å². The van der Waals surface area contributed by atoms with Crippen molar-refractivity contribution in [1.29, 1.82) is 0 Å². The number of hydrogen-bond donors (Lipinski definition) is 2. The van der Waals surface area contributed by atoms with Crippen LogP contribution in [0.1, 0.15) is 11.1 Å². The number of nitrogens with one attached hydrogen (secondary N) is 1. The molecule has 2 aromatic carbocycles. The quantitative estimate of drug-likeness (QED) is 0.697. The minimum absolute atomic E-state index is 0.0616. The summed E-state index contributed by atoms with van der Waals surface area (Å²) in [5.74, 6) is -1.98. The lowest BCUT2D eigenvalue weighted by atomic mass is 10.1. The van der Waals surface area contributed by atoms with Gasteiger partial charge in [-0.25, -0.2) is 9.18 Å². The van der Waals surface area contributed by atoms with Gasteiger partial charge in [0.2, 0.25) is 5.91 Å². The van der Waals surface area contributed by atoms with Crippen LogP contribution in [-0.2, 0) is 22.4 Å². The number of amides is 1. The van der Waals surface area contributed by atoms with Gasteiger partial charge in [-0.3, -0.25) is 4.79 Å². The second-order valence-electron chi connectivity index (χ2n) is 5.10. The van der Waals surface area contributed by atoms with Crippen molar-refractivity contribution in [2.75, 3.05) is 0 Å². The molecule has 0 saturated heterocycles. The van der Waals surface area contributed by atoms with Crippen LogP contribution in [0.25, 0.3) is 0 Å². The van der Waals surface area contributed by atoms with E-state index >= 15 is 0 Å². The highest BCUT2D eigenvalue weighted by atomic mass is 127. The van der Waals surface area contributed by atoms with Gasteiger partial charge in [0.1, 0.15) is 11.9 Å². The number of benzene rings is 2. The Morgan fingerprint density at radius 1 is 1.13 bits per heavy atom. The van der Waals surface area contributed by atoms with Crippen molar-refractivity contribution in [3.63, 3.8) is 0 Å². The maximum absolute atomic E-state index is 13.1. The maximum atomic E-state index is 13.1. The van der Waals surface area contributed by atoms with Gasteiger partial charge in [0.25, 0.3) is 0 Å². The SMILES string of the molecule is O=C(Cc1cccc(F)c1)N[C@H](Cc1cccc(I)c1)C(=O)O. The number of aliphatic carboxylic acids is 1. The lowest BCUT2D eigenvalue weighted by molar-refractivity contribution is -0.141. The first-order valence-corrected chi connectivity index (χ1v) is 8.03. The van der Waals surface area contributed by atoms with Crippen molar-refractivity contribution >= 4 is 34.5 Å². The van der Waals surface area contributed by atoms with Crippen molar-refractivity contribution in [3.8, 4) is 0 Å². The molecular weight excluding hydrogens is 412 g/mol. The Labute approximate surface area is 146 Å². The predicted octanol–water partition coefficient (Wildman–Crippen LogP) is 2.78. The van der Waals surface area contributed by atoms with Gasteiger partial charge in [0, 0.05) is 9.99 Å². The standard InChI is InChI=1S/C17H15FINO3/c18-13-5-1-3-11(7-13)10-16(21)20-15(17(22)23)9-12-4-2-6-14(19)8-12/h1-8,15H,9-10H2,(H,20,21)(H,22,23)/t15-/m1/s1. The Morgan fingerprint density at radius 2 is 1.83 bits per heavy atom. The summed E-state index contributed by atoms with van der Waals surface area (Å²) in [7, 11) is 0. The normalized spacial score (nSPS) is 11.7. The third-order valence-electron chi connectivity index (χ3n) is 3.22. The van der Waals surface area contributed by atoms with E-state index in [-0.39, 0.29) is 12.8 Å². The lowest BCUT2D eigenvalue weighted by Crippen LogP contribution is -2.43. The van der Waals surface area contributed by atoms with E-state index in [2.05, 4.69) is 27.9 Å². The van der Waals surface area contributed by atoms with Gasteiger partial charge in [0.05, 0.1) is 6.42 Å². The fourth-order valence-electron chi connectivity index (χ4n) is 2.18. The number of carbonyl (C=O) groups excluding carboxylic acids is 1. The topological polar surface area (TPSA) is 66.4 Å². The molecule has 1 amide bonds. The molecule has 0 aliphatic carbocycles. The largest absolute Gasteiger partial charge is 0.480 e. The predicted molar refractivity (Wildman–Crippen MR) is 92.5 cm³/mol. The van der Waals surface area contributed by atoms with E-state index in [1.54, 1.807) is 6.07 Å². The number of halogens is 2. The Balaban J connectivity index is 2.01. The second-order valence-corrected chi connectivity index (χ2v) is 6.34. The van der Waals surface area contributed by atoms with Crippen molar-refractivity contribution in [2.45, 2.75) is 18.9 Å². The molecule has 0 saturated carbocycles. The molecule has 1 atom stereocenters. The Kier molecular flexibility index (Phi) is 6.09. The molecule has 0 spiro atoms. The molecule has 120 valence electrons. The molecule has 0 bridgehead atoms. The molecule has 2 N–H and O–H groups in total. The van der Waals surface area contributed by atoms with Gasteiger partial charge in [-0.1, -0.05) is 24.3 Å². The molecular formula is C17H15FINO3. The van der Waals surface area contributed by atoms with Crippen molar-refractivity contribution in [1.82, 2.24) is 5.32 Å². The lowest BCUT2D eigenvalue weighted by Gasteiger charge is -2.15. The van der Waals surface area contributed by atoms with Crippen molar-refractivity contribution in [3.05, 3.63) is 69.0 Å². The van der Waals surface area contributed by atoms with Crippen molar-refractivity contribution < 1.29 is 19.1 Å². The monoisotopic (exact) mass is 427 g/mol. The molecule has 23 heavy (non-hydrogen) atoms. The van der Waals surface area contributed by atoms with E-state index in [1.807, 2.05) is 24.3 Å². The summed E-state index contributed by atoms with van der Waals surface area (Å²) in [5.41, 5.74) is 1.33. The molecule has 0 fully saturated rings. The number of carbonyl (C=O) groups is 2. The number of hydrogen-bond acceptors (Lipinski definition) is 2. The first-order chi connectivity index (χ1) is 10.9. The summed E-state index contributed by atoms with van der Waals surface area (Å²) in [6.45, 7) is 0. The van der Waals surface area contributed by atoms with Gasteiger partial charge in [-0.15, -0.1) is 0 Å². The molecule has 0 aromatic heterocycles. The van der Waals surface area contributed by atoms with Crippen LogP contribution in [0.5, 0.6) is 0 Å². The van der Waals surface area contributed by atoms with E-state index in [0.717, 1.165) is 9.13 Å². The van der Waals surface area contributed by atoms with Crippen LogP contribution in [0, 0.1) is 9.39 Å². The minimum atomic E-state index is -1.10. The molecule has 4 nitrogen and oxygen atoms in total. The average molecular weight is 427 g/mol. The number of carboxylic acid groups (broad SMARTS) is 1. The van der Waals surface area contributed by atoms with Crippen LogP contribution < -0.4 is 5.32 Å². The zero-order chi connectivity index (χ0) is 16.8. The third-order valence-corrected chi connectivity index (χ3v) is 3.89. The molecule has 2 aromatic rings. The minimum Gasteiger partial charge on any atom is -0.480 e. The summed E-state index contributed by atoms with van der Waals surface area (Å²) < 4.78 is 14.1. The van der Waals surface area contributed by atoms with Gasteiger partial charge in [0.15, 0.2) is 0 Å². The summed E-state index contributed by atoms with van der Waals surface area (Å²) in [6.07, 6.45) is 0.134. The molecule has 6 heteroatoms. The molecule has 0 aliphatic heterocycles. The fourth-order valence-corrected chi connectivity index (χ4v) is 2.78. The first kappa shape index (κ1) is 17.4. The zero-order valence-corrected chi connectivity index (χ0v) is 14.3. The number of carboxylic acids is 1. The molecule has 0 aliphatic rings. The molecule has 0 heterocycles.